The molecule has 1 aliphatic rings. The predicted molar refractivity (Wildman–Crippen MR) is 131 cm³/mol. The highest BCUT2D eigenvalue weighted by Crippen LogP contribution is 2.31. The molecule has 2 amide bonds. The minimum atomic E-state index is -0.306. The number of fused-ring (bicyclic) bond motifs is 1. The summed E-state index contributed by atoms with van der Waals surface area (Å²) in [4.78, 5) is 38.0. The van der Waals surface area contributed by atoms with Gasteiger partial charge >= 0.3 is 0 Å². The molecule has 0 saturated carbocycles. The van der Waals surface area contributed by atoms with Gasteiger partial charge in [-0.3, -0.25) is 9.59 Å². The summed E-state index contributed by atoms with van der Waals surface area (Å²) >= 11 is 0. The Morgan fingerprint density at radius 2 is 1.89 bits per heavy atom. The Morgan fingerprint density at radius 1 is 1.09 bits per heavy atom. The Morgan fingerprint density at radius 3 is 2.66 bits per heavy atom. The molecule has 176 valence electrons. The molecule has 9 heteroatoms. The van der Waals surface area contributed by atoms with Crippen molar-refractivity contribution in [3.63, 3.8) is 0 Å². The molecule has 2 N–H and O–H groups in total. The summed E-state index contributed by atoms with van der Waals surface area (Å²) in [6, 6.07) is 16.4. The van der Waals surface area contributed by atoms with Crippen LogP contribution in [0.3, 0.4) is 0 Å². The number of anilines is 1. The number of H-pyrrole nitrogens is 1. The Labute approximate surface area is 201 Å². The zero-order valence-electron chi connectivity index (χ0n) is 18.9. The molecule has 0 unspecified atom stereocenters. The lowest BCUT2D eigenvalue weighted by Crippen LogP contribution is -2.40. The van der Waals surface area contributed by atoms with E-state index in [1.54, 1.807) is 29.2 Å². The van der Waals surface area contributed by atoms with E-state index in [0.29, 0.717) is 60.2 Å². The lowest BCUT2D eigenvalue weighted by molar-refractivity contribution is -0.111. The highest BCUT2D eigenvalue weighted by molar-refractivity contribution is 5.99. The van der Waals surface area contributed by atoms with E-state index in [2.05, 4.69) is 26.8 Å². The van der Waals surface area contributed by atoms with Crippen molar-refractivity contribution in [1.29, 1.82) is 0 Å². The van der Waals surface area contributed by atoms with Crippen LogP contribution in [0.15, 0.2) is 73.6 Å². The average Bonchev–Trinajstić information content (AvgIpc) is 3.34. The number of nitrogens with zero attached hydrogens (tertiary/aromatic N) is 3. The molecule has 3 heterocycles. The largest absolute Gasteiger partial charge is 0.438 e. The Bertz CT molecular complexity index is 1390. The zero-order valence-corrected chi connectivity index (χ0v) is 18.9. The van der Waals surface area contributed by atoms with E-state index in [1.807, 2.05) is 30.3 Å². The summed E-state index contributed by atoms with van der Waals surface area (Å²) in [6.07, 6.45) is 2.62. The number of carbonyl (C=O) groups is 2. The topological polar surface area (TPSA) is 109 Å². The van der Waals surface area contributed by atoms with E-state index >= 15 is 0 Å². The maximum Gasteiger partial charge on any atom is 0.254 e. The standard InChI is InChI=1S/C26H23N5O4/c1-2-23(32)29-19-4-3-5-20(14-19)35-25-21-15-22(30-24(21)27-16-28-25)17-6-8-18(9-7-17)26(33)31-10-12-34-13-11-31/h2-9,14-16H,1,10-13H2,(H,29,32)(H,27,28,30). The number of aromatic amines is 1. The summed E-state index contributed by atoms with van der Waals surface area (Å²) in [7, 11) is 0. The van der Waals surface area contributed by atoms with E-state index < -0.39 is 0 Å². The number of hydrogen-bond donors (Lipinski definition) is 2. The van der Waals surface area contributed by atoms with E-state index in [-0.39, 0.29) is 11.8 Å². The fourth-order valence-electron chi connectivity index (χ4n) is 3.84. The van der Waals surface area contributed by atoms with Gasteiger partial charge in [0.1, 0.15) is 17.7 Å². The number of carbonyl (C=O) groups excluding carboxylic acids is 2. The van der Waals surface area contributed by atoms with Crippen molar-refractivity contribution in [2.75, 3.05) is 31.6 Å². The number of nitrogens with one attached hydrogen (secondary N) is 2. The molecular weight excluding hydrogens is 446 g/mol. The van der Waals surface area contributed by atoms with Crippen LogP contribution in [-0.4, -0.2) is 58.0 Å². The fraction of sp³-hybridized carbons (Fsp3) is 0.154. The molecule has 2 aromatic carbocycles. The van der Waals surface area contributed by atoms with Gasteiger partial charge in [-0.05, 0) is 42.0 Å². The van der Waals surface area contributed by atoms with Crippen LogP contribution in [0.25, 0.3) is 22.3 Å². The Hall–Kier alpha value is -4.50. The van der Waals surface area contributed by atoms with Crippen molar-refractivity contribution in [1.82, 2.24) is 19.9 Å². The van der Waals surface area contributed by atoms with E-state index in [4.69, 9.17) is 9.47 Å². The Kier molecular flexibility index (Phi) is 6.23. The zero-order chi connectivity index (χ0) is 24.2. The smallest absolute Gasteiger partial charge is 0.254 e. The lowest BCUT2D eigenvalue weighted by atomic mass is 10.1. The van der Waals surface area contributed by atoms with E-state index in [0.717, 1.165) is 11.3 Å². The average molecular weight is 470 g/mol. The third kappa shape index (κ3) is 4.90. The van der Waals surface area contributed by atoms with Crippen LogP contribution in [0.1, 0.15) is 10.4 Å². The maximum atomic E-state index is 12.7. The molecule has 9 nitrogen and oxygen atoms in total. The van der Waals surface area contributed by atoms with Gasteiger partial charge in [-0.1, -0.05) is 24.8 Å². The normalized spacial score (nSPS) is 13.4. The number of hydrogen-bond acceptors (Lipinski definition) is 6. The van der Waals surface area contributed by atoms with Gasteiger partial charge < -0.3 is 24.7 Å². The van der Waals surface area contributed by atoms with Gasteiger partial charge in [0.25, 0.3) is 5.91 Å². The van der Waals surface area contributed by atoms with Gasteiger partial charge in [-0.15, -0.1) is 0 Å². The van der Waals surface area contributed by atoms with Crippen molar-refractivity contribution < 1.29 is 19.1 Å². The predicted octanol–water partition coefficient (Wildman–Crippen LogP) is 4.01. The third-order valence-corrected chi connectivity index (χ3v) is 5.63. The van der Waals surface area contributed by atoms with Crippen LogP contribution in [0.5, 0.6) is 11.6 Å². The van der Waals surface area contributed by atoms with Crippen molar-refractivity contribution in [3.05, 3.63) is 79.1 Å². The molecule has 2 aromatic heterocycles. The molecule has 1 fully saturated rings. The molecule has 0 spiro atoms. The minimum Gasteiger partial charge on any atom is -0.438 e. The molecule has 0 bridgehead atoms. The highest BCUT2D eigenvalue weighted by atomic mass is 16.5. The van der Waals surface area contributed by atoms with Gasteiger partial charge in [0.2, 0.25) is 11.8 Å². The number of amides is 2. The summed E-state index contributed by atoms with van der Waals surface area (Å²) in [5.74, 6) is 0.591. The summed E-state index contributed by atoms with van der Waals surface area (Å²) in [5.41, 5.74) is 3.57. The highest BCUT2D eigenvalue weighted by Gasteiger charge is 2.19. The van der Waals surface area contributed by atoms with E-state index in [9.17, 15) is 9.59 Å². The lowest BCUT2D eigenvalue weighted by Gasteiger charge is -2.26. The molecule has 35 heavy (non-hydrogen) atoms. The molecule has 1 aliphatic heterocycles. The number of aromatic nitrogens is 3. The number of rotatable bonds is 6. The molecule has 5 rings (SSSR count). The first kappa shape index (κ1) is 22.3. The fourth-order valence-corrected chi connectivity index (χ4v) is 3.84. The number of morpholine rings is 1. The van der Waals surface area contributed by atoms with Crippen LogP contribution < -0.4 is 10.1 Å². The first-order valence-electron chi connectivity index (χ1n) is 11.1. The van der Waals surface area contributed by atoms with Crippen molar-refractivity contribution in [2.45, 2.75) is 0 Å². The monoisotopic (exact) mass is 469 g/mol. The Balaban J connectivity index is 1.37. The van der Waals surface area contributed by atoms with Gasteiger partial charge in [0, 0.05) is 36.1 Å². The van der Waals surface area contributed by atoms with Crippen molar-refractivity contribution in [2.24, 2.45) is 0 Å². The van der Waals surface area contributed by atoms with Gasteiger partial charge in [0.05, 0.1) is 18.6 Å². The minimum absolute atomic E-state index is 0.00422. The van der Waals surface area contributed by atoms with Gasteiger partial charge in [-0.2, -0.15) is 0 Å². The second-order valence-corrected chi connectivity index (χ2v) is 7.93. The summed E-state index contributed by atoms with van der Waals surface area (Å²) < 4.78 is 11.3. The first-order valence-corrected chi connectivity index (χ1v) is 11.1. The molecule has 0 atom stereocenters. The van der Waals surface area contributed by atoms with Crippen molar-refractivity contribution in [3.8, 4) is 22.9 Å². The van der Waals surface area contributed by atoms with Crippen LogP contribution >= 0.6 is 0 Å². The molecular formula is C26H23N5O4. The maximum absolute atomic E-state index is 12.7. The number of ether oxygens (including phenoxy) is 2. The molecule has 4 aromatic rings. The van der Waals surface area contributed by atoms with Crippen LogP contribution in [0.4, 0.5) is 5.69 Å². The second kappa shape index (κ2) is 9.78. The van der Waals surface area contributed by atoms with Crippen LogP contribution in [-0.2, 0) is 9.53 Å². The summed E-state index contributed by atoms with van der Waals surface area (Å²) in [5, 5.41) is 3.41. The van der Waals surface area contributed by atoms with Crippen LogP contribution in [0, 0.1) is 0 Å². The van der Waals surface area contributed by atoms with Crippen molar-refractivity contribution >= 4 is 28.5 Å². The molecule has 0 radical (unpaired) electrons. The van der Waals surface area contributed by atoms with E-state index in [1.165, 1.54) is 12.4 Å². The third-order valence-electron chi connectivity index (χ3n) is 5.63. The van der Waals surface area contributed by atoms with Crippen LogP contribution in [0.2, 0.25) is 0 Å². The molecule has 0 aliphatic carbocycles. The second-order valence-electron chi connectivity index (χ2n) is 7.93. The first-order chi connectivity index (χ1) is 17.1. The van der Waals surface area contributed by atoms with Gasteiger partial charge in [0.15, 0.2) is 0 Å². The SMILES string of the molecule is C=CC(=O)Nc1cccc(Oc2ncnc3[nH]c(-c4ccc(C(=O)N5CCOCC5)cc4)cc23)c1. The number of benzene rings is 2. The summed E-state index contributed by atoms with van der Waals surface area (Å²) in [6.45, 7) is 5.80. The quantitative estimate of drug-likeness (QED) is 0.413. The van der Waals surface area contributed by atoms with Gasteiger partial charge in [-0.25, -0.2) is 9.97 Å². The molecule has 1 saturated heterocycles.